The Balaban J connectivity index is 1.74. The molecule has 0 aliphatic rings. The minimum absolute atomic E-state index is 0.0153. The Labute approximate surface area is 242 Å². The summed E-state index contributed by atoms with van der Waals surface area (Å²) in [6.45, 7) is 1.31. The second kappa shape index (κ2) is 13.3. The van der Waals surface area contributed by atoms with Gasteiger partial charge in [0.25, 0.3) is 10.0 Å². The van der Waals surface area contributed by atoms with Crippen LogP contribution in [-0.4, -0.2) is 37.9 Å². The van der Waals surface area contributed by atoms with Crippen molar-refractivity contribution in [3.05, 3.63) is 87.9 Å². The molecular weight excluding hydrogens is 581 g/mol. The van der Waals surface area contributed by atoms with E-state index in [1.165, 1.54) is 12.1 Å². The van der Waals surface area contributed by atoms with Crippen molar-refractivity contribution < 1.29 is 22.8 Å². The lowest BCUT2D eigenvalue weighted by Gasteiger charge is -2.17. The zero-order valence-electron chi connectivity index (χ0n) is 20.9. The molecule has 0 saturated carbocycles. The van der Waals surface area contributed by atoms with Crippen molar-refractivity contribution in [2.75, 3.05) is 6.54 Å². The molecule has 3 aromatic rings. The summed E-state index contributed by atoms with van der Waals surface area (Å²) in [6, 6.07) is 18.2. The molecule has 0 aliphatic carbocycles. The Morgan fingerprint density at radius 1 is 0.923 bits per heavy atom. The van der Waals surface area contributed by atoms with E-state index in [4.69, 9.17) is 28.9 Å². The first-order valence-electron chi connectivity index (χ1n) is 11.8. The summed E-state index contributed by atoms with van der Waals surface area (Å²) in [7, 11) is -4.13. The van der Waals surface area contributed by atoms with Crippen LogP contribution in [0.2, 0.25) is 10.0 Å². The molecule has 0 bridgehead atoms. The number of carbonyl (C=O) groups is 3. The smallest absolute Gasteiger partial charge is 0.264 e. The molecule has 12 heteroatoms. The maximum atomic E-state index is 12.8. The normalized spacial score (nSPS) is 12.8. The molecule has 0 radical (unpaired) electrons. The number of nitrogens with one attached hydrogen (secondary N) is 2. The number of hydrogen-bond donors (Lipinski definition) is 4. The molecule has 0 saturated heterocycles. The zero-order chi connectivity index (χ0) is 28.7. The fourth-order valence-corrected chi connectivity index (χ4v) is 6.01. The second-order valence-electron chi connectivity index (χ2n) is 8.86. The maximum Gasteiger partial charge on any atom is 0.264 e. The molecule has 39 heavy (non-hydrogen) atoms. The quantitative estimate of drug-likeness (QED) is 0.194. The minimum Gasteiger partial charge on any atom is -0.369 e. The van der Waals surface area contributed by atoms with E-state index in [-0.39, 0.29) is 33.7 Å². The van der Waals surface area contributed by atoms with Crippen LogP contribution < -0.4 is 15.8 Å². The van der Waals surface area contributed by atoms with Gasteiger partial charge in [-0.25, -0.2) is 13.1 Å². The first kappa shape index (κ1) is 30.5. The van der Waals surface area contributed by atoms with Crippen molar-refractivity contribution in [3.8, 4) is 11.1 Å². The van der Waals surface area contributed by atoms with E-state index >= 15 is 0 Å². The monoisotopic (exact) mass is 607 g/mol. The lowest BCUT2D eigenvalue weighted by Crippen LogP contribution is -2.42. The Morgan fingerprint density at radius 2 is 1.62 bits per heavy atom. The molecule has 4 N–H and O–H groups in total. The van der Waals surface area contributed by atoms with E-state index in [1.807, 2.05) is 22.9 Å². The van der Waals surface area contributed by atoms with Crippen LogP contribution in [-0.2, 0) is 37.2 Å². The fraction of sp³-hybridized carbons (Fsp3) is 0.222. The first-order valence-corrected chi connectivity index (χ1v) is 14.5. The number of primary amides is 1. The number of thiol groups is 1. The van der Waals surface area contributed by atoms with Crippen molar-refractivity contribution in [2.45, 2.75) is 29.9 Å². The highest BCUT2D eigenvalue weighted by Crippen LogP contribution is 2.34. The van der Waals surface area contributed by atoms with Gasteiger partial charge in [0, 0.05) is 39.9 Å². The minimum atomic E-state index is -4.13. The topological polar surface area (TPSA) is 135 Å². The average Bonchev–Trinajstić information content (AvgIpc) is 2.85. The predicted molar refractivity (Wildman–Crippen MR) is 155 cm³/mol. The van der Waals surface area contributed by atoms with E-state index in [9.17, 15) is 22.8 Å². The van der Waals surface area contributed by atoms with Gasteiger partial charge in [0.2, 0.25) is 17.7 Å². The fourth-order valence-electron chi connectivity index (χ4n) is 3.98. The average molecular weight is 609 g/mol. The van der Waals surface area contributed by atoms with Crippen LogP contribution in [0.3, 0.4) is 0 Å². The number of hydrogen-bond acceptors (Lipinski definition) is 6. The van der Waals surface area contributed by atoms with Crippen LogP contribution in [0, 0.1) is 5.92 Å². The Kier molecular flexibility index (Phi) is 10.4. The van der Waals surface area contributed by atoms with Gasteiger partial charge in [0.15, 0.2) is 0 Å². The molecule has 0 aliphatic heterocycles. The number of amides is 3. The molecule has 3 aromatic carbocycles. The van der Waals surface area contributed by atoms with Gasteiger partial charge >= 0.3 is 0 Å². The number of benzene rings is 3. The second-order valence-corrected chi connectivity index (χ2v) is 12.1. The van der Waals surface area contributed by atoms with E-state index in [2.05, 4.69) is 17.9 Å². The van der Waals surface area contributed by atoms with Crippen molar-refractivity contribution in [3.63, 3.8) is 0 Å². The largest absolute Gasteiger partial charge is 0.369 e. The van der Waals surface area contributed by atoms with Gasteiger partial charge in [0.1, 0.15) is 5.92 Å². The van der Waals surface area contributed by atoms with Crippen LogP contribution in [0.15, 0.2) is 71.6 Å². The van der Waals surface area contributed by atoms with Gasteiger partial charge in [-0.15, -0.1) is 0 Å². The van der Waals surface area contributed by atoms with Gasteiger partial charge in [-0.1, -0.05) is 65.7 Å². The third-order valence-corrected chi connectivity index (χ3v) is 8.15. The summed E-state index contributed by atoms with van der Waals surface area (Å²) in [5, 5.41) is 3.31. The summed E-state index contributed by atoms with van der Waals surface area (Å²) in [5.74, 6) is -3.23. The standard InChI is InChI=1S/C27H27Cl2N3O5S2/c1-16(33)32-39(36,37)25-8-3-2-7-22(25)21-10-9-18(14-24(21)29)13-23(26(30)34)27(35)31-15-20(38)12-17-5-4-6-19(28)11-17/h2-11,14,20,23,38H,12-13,15H2,1H3,(H2,30,34)(H,31,35)(H,32,33)/t20-,23?/m0/s1. The van der Waals surface area contributed by atoms with Gasteiger partial charge in [-0.2, -0.15) is 12.6 Å². The summed E-state index contributed by atoms with van der Waals surface area (Å²) in [4.78, 5) is 36.2. The van der Waals surface area contributed by atoms with Crippen LogP contribution in [0.25, 0.3) is 11.1 Å². The first-order chi connectivity index (χ1) is 18.4. The molecule has 0 aromatic heterocycles. The lowest BCUT2D eigenvalue weighted by atomic mass is 9.95. The molecule has 8 nitrogen and oxygen atoms in total. The molecule has 1 unspecified atom stereocenters. The number of halogens is 2. The van der Waals surface area contributed by atoms with Crippen molar-refractivity contribution in [1.82, 2.24) is 10.0 Å². The van der Waals surface area contributed by atoms with Crippen LogP contribution in [0.4, 0.5) is 0 Å². The molecule has 0 heterocycles. The highest BCUT2D eigenvalue weighted by molar-refractivity contribution is 7.90. The van der Waals surface area contributed by atoms with Crippen molar-refractivity contribution in [2.24, 2.45) is 11.7 Å². The SMILES string of the molecule is CC(=O)NS(=O)(=O)c1ccccc1-c1ccc(CC(C(N)=O)C(=O)NC[C@@H](S)Cc2cccc(Cl)c2)cc1Cl. The molecule has 3 amide bonds. The van der Waals surface area contributed by atoms with Crippen molar-refractivity contribution >= 4 is 63.6 Å². The van der Waals surface area contributed by atoms with Gasteiger partial charge < -0.3 is 11.1 Å². The lowest BCUT2D eigenvalue weighted by molar-refractivity contribution is -0.133. The molecule has 0 fully saturated rings. The summed E-state index contributed by atoms with van der Waals surface area (Å²) in [5.41, 5.74) is 7.72. The molecule has 3 rings (SSSR count). The van der Waals surface area contributed by atoms with Crippen LogP contribution in [0.5, 0.6) is 0 Å². The molecule has 2 atom stereocenters. The number of sulfonamides is 1. The summed E-state index contributed by atoms with van der Waals surface area (Å²) in [6.07, 6.45) is 0.542. The summed E-state index contributed by atoms with van der Waals surface area (Å²) < 4.78 is 27.3. The van der Waals surface area contributed by atoms with Gasteiger partial charge in [-0.05, 0) is 48.2 Å². The highest BCUT2D eigenvalue weighted by Gasteiger charge is 2.26. The molecule has 206 valence electrons. The number of nitrogens with two attached hydrogens (primary N) is 1. The predicted octanol–water partition coefficient (Wildman–Crippen LogP) is 3.79. The third kappa shape index (κ3) is 8.47. The van der Waals surface area contributed by atoms with E-state index in [0.29, 0.717) is 22.6 Å². The Bertz CT molecular complexity index is 1500. The van der Waals surface area contributed by atoms with Gasteiger partial charge in [0.05, 0.1) is 4.90 Å². The Hall–Kier alpha value is -3.05. The maximum absolute atomic E-state index is 12.8. The van der Waals surface area contributed by atoms with E-state index in [1.54, 1.807) is 36.4 Å². The van der Waals surface area contributed by atoms with E-state index in [0.717, 1.165) is 12.5 Å². The van der Waals surface area contributed by atoms with Crippen molar-refractivity contribution in [1.29, 1.82) is 0 Å². The highest BCUT2D eigenvalue weighted by atomic mass is 35.5. The van der Waals surface area contributed by atoms with Crippen LogP contribution >= 0.6 is 35.8 Å². The number of rotatable bonds is 11. The number of carbonyl (C=O) groups excluding carboxylic acids is 3. The van der Waals surface area contributed by atoms with Crippen LogP contribution in [0.1, 0.15) is 18.1 Å². The van der Waals surface area contributed by atoms with Gasteiger partial charge in [-0.3, -0.25) is 14.4 Å². The molecule has 0 spiro atoms. The Morgan fingerprint density at radius 3 is 2.26 bits per heavy atom. The zero-order valence-corrected chi connectivity index (χ0v) is 24.1. The third-order valence-electron chi connectivity index (χ3n) is 5.75. The van der Waals surface area contributed by atoms with E-state index < -0.39 is 33.7 Å². The summed E-state index contributed by atoms with van der Waals surface area (Å²) >= 11 is 17.0. The molecular formula is C27H27Cl2N3O5S2.